The summed E-state index contributed by atoms with van der Waals surface area (Å²) in [7, 11) is 0. The van der Waals surface area contributed by atoms with Crippen molar-refractivity contribution in [3.05, 3.63) is 11.7 Å². The zero-order chi connectivity index (χ0) is 11.2. The van der Waals surface area contributed by atoms with Crippen molar-refractivity contribution in [2.24, 2.45) is 17.8 Å². The van der Waals surface area contributed by atoms with Gasteiger partial charge in [-0.15, -0.1) is 0 Å². The molecule has 0 saturated heterocycles. The van der Waals surface area contributed by atoms with E-state index >= 15 is 0 Å². The number of fused-ring (bicyclic) bond motifs is 2. The lowest BCUT2D eigenvalue weighted by molar-refractivity contribution is -0.112. The Hall–Kier alpha value is -0.610. The lowest BCUT2D eigenvalue weighted by atomic mass is 9.87. The second kappa shape index (κ2) is 3.46. The van der Waals surface area contributed by atoms with Crippen LogP contribution >= 0.6 is 0 Å². The van der Waals surface area contributed by atoms with E-state index in [1.807, 2.05) is 0 Å². The van der Waals surface area contributed by atoms with Crippen LogP contribution in [0.1, 0.15) is 25.7 Å². The molecule has 2 aliphatic rings. The number of hydrogen-bond donors (Lipinski definition) is 0. The van der Waals surface area contributed by atoms with Crippen molar-refractivity contribution in [3.63, 3.8) is 0 Å². The van der Waals surface area contributed by atoms with Gasteiger partial charge in [0.25, 0.3) is 0 Å². The van der Waals surface area contributed by atoms with E-state index in [4.69, 9.17) is 0 Å². The third-order valence-corrected chi connectivity index (χ3v) is 3.52. The van der Waals surface area contributed by atoms with Gasteiger partial charge in [0.05, 0.1) is 0 Å². The van der Waals surface area contributed by atoms with Crippen LogP contribution in [0.15, 0.2) is 11.7 Å². The molecule has 0 aromatic rings. The summed E-state index contributed by atoms with van der Waals surface area (Å²) in [5.74, 6) is -4.71. The standard InChI is InChI=1S/C10H11F5/c11-8(9(12)10(13,14)15)7-4-5-1-2-6(7)3-5/h5-7H,1-4H2/b9-8-/t5-,6-,7+/m1/s1. The fourth-order valence-corrected chi connectivity index (χ4v) is 2.85. The largest absolute Gasteiger partial charge is 0.445 e. The molecule has 3 atom stereocenters. The lowest BCUT2D eigenvalue weighted by Gasteiger charge is -2.20. The molecule has 0 spiro atoms. The van der Waals surface area contributed by atoms with Crippen molar-refractivity contribution < 1.29 is 22.0 Å². The molecule has 2 saturated carbocycles. The van der Waals surface area contributed by atoms with Crippen LogP contribution in [-0.2, 0) is 0 Å². The molecule has 15 heavy (non-hydrogen) atoms. The van der Waals surface area contributed by atoms with Gasteiger partial charge in [-0.2, -0.15) is 17.6 Å². The second-order valence-electron chi connectivity index (χ2n) is 4.44. The third kappa shape index (κ3) is 1.88. The Morgan fingerprint density at radius 2 is 1.67 bits per heavy atom. The fraction of sp³-hybridized carbons (Fsp3) is 0.800. The smallest absolute Gasteiger partial charge is 0.208 e. The molecule has 5 heteroatoms. The van der Waals surface area contributed by atoms with E-state index in [1.54, 1.807) is 0 Å². The van der Waals surface area contributed by atoms with E-state index in [9.17, 15) is 22.0 Å². The number of alkyl halides is 3. The Bertz CT molecular complexity index is 291. The van der Waals surface area contributed by atoms with E-state index in [0.717, 1.165) is 19.3 Å². The summed E-state index contributed by atoms with van der Waals surface area (Å²) in [5.41, 5.74) is 0. The number of rotatable bonds is 1. The molecule has 2 aliphatic carbocycles. The molecule has 86 valence electrons. The zero-order valence-electron chi connectivity index (χ0n) is 7.95. The maximum absolute atomic E-state index is 13.2. The molecule has 0 aromatic heterocycles. The molecule has 0 aliphatic heterocycles. The van der Waals surface area contributed by atoms with Crippen LogP contribution in [0.5, 0.6) is 0 Å². The first kappa shape index (κ1) is 10.9. The third-order valence-electron chi connectivity index (χ3n) is 3.52. The van der Waals surface area contributed by atoms with Gasteiger partial charge in [0, 0.05) is 5.92 Å². The molecule has 0 amide bonds. The van der Waals surface area contributed by atoms with Gasteiger partial charge in [0.15, 0.2) is 0 Å². The Labute approximate surface area is 84.2 Å². The summed E-state index contributed by atoms with van der Waals surface area (Å²) in [6.07, 6.45) is -2.37. The molecule has 2 rings (SSSR count). The first-order valence-electron chi connectivity index (χ1n) is 5.02. The summed E-state index contributed by atoms with van der Waals surface area (Å²) in [5, 5.41) is 0. The summed E-state index contributed by atoms with van der Waals surface area (Å²) >= 11 is 0. The molecule has 0 unspecified atom stereocenters. The van der Waals surface area contributed by atoms with Crippen molar-refractivity contribution >= 4 is 0 Å². The number of allylic oxidation sites excluding steroid dienone is 2. The summed E-state index contributed by atoms with van der Waals surface area (Å²) in [6, 6.07) is 0. The highest BCUT2D eigenvalue weighted by molar-refractivity contribution is 5.13. The lowest BCUT2D eigenvalue weighted by Crippen LogP contribution is -2.17. The predicted molar refractivity (Wildman–Crippen MR) is 44.2 cm³/mol. The molecule has 0 heterocycles. The van der Waals surface area contributed by atoms with Crippen LogP contribution in [-0.4, -0.2) is 6.18 Å². The zero-order valence-corrected chi connectivity index (χ0v) is 7.95. The summed E-state index contributed by atoms with van der Waals surface area (Å²) < 4.78 is 61.7. The average Bonchev–Trinajstić information content (AvgIpc) is 2.74. The van der Waals surface area contributed by atoms with Crippen molar-refractivity contribution in [2.45, 2.75) is 31.9 Å². The molecule has 0 nitrogen and oxygen atoms in total. The van der Waals surface area contributed by atoms with Crippen LogP contribution in [0.2, 0.25) is 0 Å². The first-order valence-corrected chi connectivity index (χ1v) is 5.02. The molecular formula is C10H11F5. The average molecular weight is 226 g/mol. The quantitative estimate of drug-likeness (QED) is 0.589. The fourth-order valence-electron chi connectivity index (χ4n) is 2.85. The Morgan fingerprint density at radius 3 is 2.07 bits per heavy atom. The number of halogens is 5. The molecule has 0 radical (unpaired) electrons. The second-order valence-corrected chi connectivity index (χ2v) is 4.44. The van der Waals surface area contributed by atoms with Crippen molar-refractivity contribution in [1.29, 1.82) is 0 Å². The first-order chi connectivity index (χ1) is 6.89. The highest BCUT2D eigenvalue weighted by Crippen LogP contribution is 2.52. The van der Waals surface area contributed by atoms with Crippen LogP contribution < -0.4 is 0 Å². The highest BCUT2D eigenvalue weighted by Gasteiger charge is 2.46. The Morgan fingerprint density at radius 1 is 1.00 bits per heavy atom. The number of hydrogen-bond acceptors (Lipinski definition) is 0. The molecule has 2 fully saturated rings. The maximum atomic E-state index is 13.2. The summed E-state index contributed by atoms with van der Waals surface area (Å²) in [4.78, 5) is 0. The van der Waals surface area contributed by atoms with E-state index in [1.165, 1.54) is 0 Å². The van der Waals surface area contributed by atoms with Crippen molar-refractivity contribution in [2.75, 3.05) is 0 Å². The Balaban J connectivity index is 2.18. The maximum Gasteiger partial charge on any atom is 0.445 e. The normalized spacial score (nSPS) is 37.0. The molecule has 0 N–H and O–H groups in total. The minimum atomic E-state index is -5.17. The summed E-state index contributed by atoms with van der Waals surface area (Å²) in [6.45, 7) is 0. The van der Waals surface area contributed by atoms with Gasteiger partial charge in [-0.3, -0.25) is 0 Å². The van der Waals surface area contributed by atoms with Crippen molar-refractivity contribution in [1.82, 2.24) is 0 Å². The molecular weight excluding hydrogens is 215 g/mol. The van der Waals surface area contributed by atoms with Gasteiger partial charge in [0.2, 0.25) is 5.83 Å². The Kier molecular flexibility index (Phi) is 2.51. The monoisotopic (exact) mass is 226 g/mol. The van der Waals surface area contributed by atoms with E-state index < -0.39 is 23.7 Å². The molecule has 2 bridgehead atoms. The van der Waals surface area contributed by atoms with Gasteiger partial charge in [-0.25, -0.2) is 4.39 Å². The SMILES string of the molecule is F/C(=C(\F)C(F)(F)F)[C@H]1C[C@@H]2CC[C@@H]1C2. The predicted octanol–water partition coefficient (Wildman–Crippen LogP) is 4.14. The minimum absolute atomic E-state index is 0.0805. The topological polar surface area (TPSA) is 0 Å². The van der Waals surface area contributed by atoms with Gasteiger partial charge in [-0.05, 0) is 31.1 Å². The highest BCUT2D eigenvalue weighted by atomic mass is 19.4. The van der Waals surface area contributed by atoms with Gasteiger partial charge in [0.1, 0.15) is 5.83 Å². The molecule has 0 aromatic carbocycles. The van der Waals surface area contributed by atoms with Crippen molar-refractivity contribution in [3.8, 4) is 0 Å². The van der Waals surface area contributed by atoms with Crippen LogP contribution in [0.25, 0.3) is 0 Å². The van der Waals surface area contributed by atoms with E-state index in [0.29, 0.717) is 12.3 Å². The van der Waals surface area contributed by atoms with E-state index in [-0.39, 0.29) is 5.92 Å². The van der Waals surface area contributed by atoms with Gasteiger partial charge >= 0.3 is 6.18 Å². The minimum Gasteiger partial charge on any atom is -0.208 e. The van der Waals surface area contributed by atoms with Crippen LogP contribution in [0.3, 0.4) is 0 Å². The van der Waals surface area contributed by atoms with Crippen LogP contribution in [0.4, 0.5) is 22.0 Å². The van der Waals surface area contributed by atoms with Gasteiger partial charge in [-0.1, -0.05) is 6.42 Å². The van der Waals surface area contributed by atoms with Crippen LogP contribution in [0, 0.1) is 17.8 Å². The van der Waals surface area contributed by atoms with E-state index in [2.05, 4.69) is 0 Å². The van der Waals surface area contributed by atoms with Gasteiger partial charge < -0.3 is 0 Å².